The van der Waals surface area contributed by atoms with Gasteiger partial charge in [0.15, 0.2) is 0 Å². The first-order valence-corrected chi connectivity index (χ1v) is 6.42. The molecular weight excluding hydrogens is 188 g/mol. The van der Waals surface area contributed by atoms with E-state index in [1.807, 2.05) is 0 Å². The third-order valence-corrected chi connectivity index (χ3v) is 3.54. The lowest BCUT2D eigenvalue weighted by Gasteiger charge is -2.28. The summed E-state index contributed by atoms with van der Waals surface area (Å²) >= 11 is 0. The Hall–Kier alpha value is -0.120. The van der Waals surface area contributed by atoms with Crippen molar-refractivity contribution in [2.24, 2.45) is 0 Å². The summed E-state index contributed by atoms with van der Waals surface area (Å²) in [7, 11) is 0. The third-order valence-electron chi connectivity index (χ3n) is 3.54. The fourth-order valence-electron chi connectivity index (χ4n) is 2.62. The molecule has 3 heteroatoms. The van der Waals surface area contributed by atoms with E-state index in [-0.39, 0.29) is 0 Å². The zero-order valence-corrected chi connectivity index (χ0v) is 9.87. The molecule has 2 saturated heterocycles. The first-order chi connectivity index (χ1) is 7.34. The van der Waals surface area contributed by atoms with E-state index in [9.17, 15) is 0 Å². The number of hydrogen-bond acceptors (Lipinski definition) is 3. The molecule has 0 spiro atoms. The van der Waals surface area contributed by atoms with Crippen LogP contribution < -0.4 is 5.32 Å². The quantitative estimate of drug-likeness (QED) is 0.759. The van der Waals surface area contributed by atoms with Crippen LogP contribution in [0.4, 0.5) is 0 Å². The van der Waals surface area contributed by atoms with E-state index in [0.717, 1.165) is 13.2 Å². The van der Waals surface area contributed by atoms with E-state index < -0.39 is 0 Å². The van der Waals surface area contributed by atoms with Gasteiger partial charge in [0.2, 0.25) is 0 Å². The number of rotatable bonds is 4. The van der Waals surface area contributed by atoms with Gasteiger partial charge in [-0.25, -0.2) is 0 Å². The van der Waals surface area contributed by atoms with E-state index in [1.165, 1.54) is 45.3 Å². The smallest absolute Gasteiger partial charge is 0.0561 e. The summed E-state index contributed by atoms with van der Waals surface area (Å²) in [5.74, 6) is 0. The molecule has 2 aliphatic rings. The highest BCUT2D eigenvalue weighted by atomic mass is 16.5. The summed E-state index contributed by atoms with van der Waals surface area (Å²) < 4.78 is 5.54. The number of ether oxygens (including phenoxy) is 1. The minimum absolute atomic E-state index is 0.447. The average molecular weight is 212 g/mol. The van der Waals surface area contributed by atoms with Gasteiger partial charge in [-0.05, 0) is 45.7 Å². The molecule has 2 aliphatic heterocycles. The van der Waals surface area contributed by atoms with Crippen LogP contribution in [0.1, 0.15) is 32.6 Å². The van der Waals surface area contributed by atoms with Gasteiger partial charge in [-0.2, -0.15) is 0 Å². The van der Waals surface area contributed by atoms with Crippen LogP contribution in [0.25, 0.3) is 0 Å². The van der Waals surface area contributed by atoms with Gasteiger partial charge in [0.1, 0.15) is 0 Å². The maximum Gasteiger partial charge on any atom is 0.0561 e. The maximum atomic E-state index is 5.54. The summed E-state index contributed by atoms with van der Waals surface area (Å²) in [6, 6.07) is 0.691. The molecule has 15 heavy (non-hydrogen) atoms. The van der Waals surface area contributed by atoms with Crippen molar-refractivity contribution in [2.75, 3.05) is 32.8 Å². The second-order valence-electron chi connectivity index (χ2n) is 4.91. The van der Waals surface area contributed by atoms with Crippen LogP contribution in [0.15, 0.2) is 0 Å². The minimum atomic E-state index is 0.447. The summed E-state index contributed by atoms with van der Waals surface area (Å²) in [6.07, 6.45) is 5.61. The van der Waals surface area contributed by atoms with Crippen LogP contribution >= 0.6 is 0 Å². The van der Waals surface area contributed by atoms with Gasteiger partial charge >= 0.3 is 0 Å². The van der Waals surface area contributed by atoms with Crippen molar-refractivity contribution in [2.45, 2.75) is 44.8 Å². The van der Waals surface area contributed by atoms with Gasteiger partial charge in [-0.3, -0.25) is 0 Å². The number of hydrogen-bond donors (Lipinski definition) is 1. The van der Waals surface area contributed by atoms with Crippen LogP contribution in [-0.4, -0.2) is 49.8 Å². The molecule has 0 bridgehead atoms. The molecule has 0 aliphatic carbocycles. The van der Waals surface area contributed by atoms with Gasteiger partial charge in [-0.1, -0.05) is 0 Å². The van der Waals surface area contributed by atoms with Crippen LogP contribution in [-0.2, 0) is 4.74 Å². The monoisotopic (exact) mass is 212 g/mol. The lowest BCUT2D eigenvalue weighted by Crippen LogP contribution is -2.41. The Bertz CT molecular complexity index is 180. The van der Waals surface area contributed by atoms with Crippen molar-refractivity contribution in [1.29, 1.82) is 0 Å². The van der Waals surface area contributed by atoms with Crippen molar-refractivity contribution < 1.29 is 4.74 Å². The predicted octanol–water partition coefficient (Wildman–Crippen LogP) is 1.24. The zero-order valence-electron chi connectivity index (χ0n) is 9.87. The molecule has 0 aromatic rings. The Balaban J connectivity index is 1.56. The van der Waals surface area contributed by atoms with Gasteiger partial charge in [-0.15, -0.1) is 0 Å². The lowest BCUT2D eigenvalue weighted by atomic mass is 10.0. The highest BCUT2D eigenvalue weighted by molar-refractivity contribution is 4.75. The van der Waals surface area contributed by atoms with E-state index in [2.05, 4.69) is 17.1 Å². The van der Waals surface area contributed by atoms with Crippen molar-refractivity contribution in [3.8, 4) is 0 Å². The third kappa shape index (κ3) is 3.74. The first-order valence-electron chi connectivity index (χ1n) is 6.42. The molecule has 2 unspecified atom stereocenters. The zero-order chi connectivity index (χ0) is 10.5. The van der Waals surface area contributed by atoms with Gasteiger partial charge < -0.3 is 15.0 Å². The Morgan fingerprint density at radius 2 is 2.13 bits per heavy atom. The van der Waals surface area contributed by atoms with E-state index in [1.54, 1.807) is 0 Å². The lowest BCUT2D eigenvalue weighted by molar-refractivity contribution is 0.0131. The van der Waals surface area contributed by atoms with E-state index in [0.29, 0.717) is 12.1 Å². The molecule has 0 radical (unpaired) electrons. The molecule has 3 nitrogen and oxygen atoms in total. The van der Waals surface area contributed by atoms with Crippen molar-refractivity contribution in [1.82, 2.24) is 10.2 Å². The molecular formula is C12H24N2O. The number of likely N-dealkylation sites (tertiary alicyclic amines) is 1. The van der Waals surface area contributed by atoms with Crippen LogP contribution in [0.2, 0.25) is 0 Å². The van der Waals surface area contributed by atoms with Crippen molar-refractivity contribution in [3.63, 3.8) is 0 Å². The standard InChI is InChI=1S/C12H24N2O/c1-11-10-12(4-9-15-11)13-5-8-14-6-2-3-7-14/h11-13H,2-10H2,1H3. The second-order valence-corrected chi connectivity index (χ2v) is 4.91. The maximum absolute atomic E-state index is 5.54. The molecule has 0 amide bonds. The fraction of sp³-hybridized carbons (Fsp3) is 1.00. The molecule has 2 heterocycles. The second kappa shape index (κ2) is 5.83. The first kappa shape index (κ1) is 11.4. The largest absolute Gasteiger partial charge is 0.378 e. The number of nitrogens with zero attached hydrogens (tertiary/aromatic N) is 1. The Morgan fingerprint density at radius 3 is 2.87 bits per heavy atom. The molecule has 0 saturated carbocycles. The summed E-state index contributed by atoms with van der Waals surface area (Å²) in [4.78, 5) is 2.57. The Labute approximate surface area is 93.2 Å². The van der Waals surface area contributed by atoms with Crippen molar-refractivity contribution in [3.05, 3.63) is 0 Å². The van der Waals surface area contributed by atoms with Gasteiger partial charge in [0.25, 0.3) is 0 Å². The SMILES string of the molecule is CC1CC(NCCN2CCCC2)CCO1. The molecule has 2 atom stereocenters. The summed E-state index contributed by atoms with van der Waals surface area (Å²) in [5, 5.41) is 3.66. The molecule has 1 N–H and O–H groups in total. The predicted molar refractivity (Wildman–Crippen MR) is 62.1 cm³/mol. The molecule has 0 aromatic carbocycles. The summed E-state index contributed by atoms with van der Waals surface area (Å²) in [6.45, 7) is 8.11. The van der Waals surface area contributed by atoms with E-state index >= 15 is 0 Å². The molecule has 2 fully saturated rings. The average Bonchev–Trinajstić information content (AvgIpc) is 2.71. The topological polar surface area (TPSA) is 24.5 Å². The van der Waals surface area contributed by atoms with Gasteiger partial charge in [0, 0.05) is 25.7 Å². The van der Waals surface area contributed by atoms with E-state index in [4.69, 9.17) is 4.74 Å². The van der Waals surface area contributed by atoms with Crippen LogP contribution in [0.5, 0.6) is 0 Å². The molecule has 88 valence electrons. The Morgan fingerprint density at radius 1 is 1.33 bits per heavy atom. The van der Waals surface area contributed by atoms with Gasteiger partial charge in [0.05, 0.1) is 6.10 Å². The molecule has 2 rings (SSSR count). The molecule has 0 aromatic heterocycles. The Kier molecular flexibility index (Phi) is 4.42. The summed E-state index contributed by atoms with van der Waals surface area (Å²) in [5.41, 5.74) is 0. The van der Waals surface area contributed by atoms with Crippen LogP contribution in [0.3, 0.4) is 0 Å². The minimum Gasteiger partial charge on any atom is -0.378 e. The van der Waals surface area contributed by atoms with Crippen molar-refractivity contribution >= 4 is 0 Å². The highest BCUT2D eigenvalue weighted by Gasteiger charge is 2.19. The normalized spacial score (nSPS) is 33.4. The highest BCUT2D eigenvalue weighted by Crippen LogP contribution is 2.13. The fourth-order valence-corrected chi connectivity index (χ4v) is 2.62. The number of nitrogens with one attached hydrogen (secondary N) is 1. The van der Waals surface area contributed by atoms with Crippen LogP contribution in [0, 0.1) is 0 Å².